The standard InChI is InChI=1S/C7H7Cl2NO2/c1-10-5(8)3-2-4(6(10)9)7(11)12/h2-3,5H,1H3,(H,11,12). The third-order valence-electron chi connectivity index (χ3n) is 1.55. The van der Waals surface area contributed by atoms with Crippen molar-refractivity contribution in [3.05, 3.63) is 22.9 Å². The van der Waals surface area contributed by atoms with Gasteiger partial charge in [0.25, 0.3) is 0 Å². The first-order valence-electron chi connectivity index (χ1n) is 3.22. The van der Waals surface area contributed by atoms with Gasteiger partial charge in [0.15, 0.2) is 0 Å². The minimum atomic E-state index is -1.05. The van der Waals surface area contributed by atoms with Gasteiger partial charge in [-0.25, -0.2) is 4.79 Å². The molecule has 12 heavy (non-hydrogen) atoms. The minimum Gasteiger partial charge on any atom is -0.478 e. The Hall–Kier alpha value is -0.670. The highest BCUT2D eigenvalue weighted by Crippen LogP contribution is 2.24. The smallest absolute Gasteiger partial charge is 0.338 e. The fourth-order valence-electron chi connectivity index (χ4n) is 0.831. The maximum atomic E-state index is 10.6. The number of carbonyl (C=O) groups is 1. The van der Waals surface area contributed by atoms with Crippen molar-refractivity contribution in [1.82, 2.24) is 4.90 Å². The van der Waals surface area contributed by atoms with Gasteiger partial charge in [-0.2, -0.15) is 0 Å². The van der Waals surface area contributed by atoms with Crippen LogP contribution in [-0.4, -0.2) is 28.5 Å². The van der Waals surface area contributed by atoms with Crippen LogP contribution in [0.25, 0.3) is 0 Å². The lowest BCUT2D eigenvalue weighted by atomic mass is 10.2. The summed E-state index contributed by atoms with van der Waals surface area (Å²) in [6.45, 7) is 0. The van der Waals surface area contributed by atoms with E-state index in [4.69, 9.17) is 28.3 Å². The van der Waals surface area contributed by atoms with E-state index in [2.05, 4.69) is 0 Å². The Morgan fingerprint density at radius 2 is 2.33 bits per heavy atom. The van der Waals surface area contributed by atoms with Crippen LogP contribution in [0.15, 0.2) is 22.9 Å². The number of carboxylic acid groups (broad SMARTS) is 1. The minimum absolute atomic E-state index is 0.0658. The zero-order valence-electron chi connectivity index (χ0n) is 6.29. The average molecular weight is 208 g/mol. The van der Waals surface area contributed by atoms with Gasteiger partial charge in [-0.3, -0.25) is 0 Å². The number of carboxylic acids is 1. The van der Waals surface area contributed by atoms with Crippen LogP contribution in [0.3, 0.4) is 0 Å². The largest absolute Gasteiger partial charge is 0.478 e. The van der Waals surface area contributed by atoms with Gasteiger partial charge >= 0.3 is 5.97 Å². The second kappa shape index (κ2) is 3.37. The van der Waals surface area contributed by atoms with Crippen molar-refractivity contribution in [2.24, 2.45) is 0 Å². The number of hydrogen-bond donors (Lipinski definition) is 1. The molecule has 1 atom stereocenters. The molecule has 1 unspecified atom stereocenters. The van der Waals surface area contributed by atoms with Crippen molar-refractivity contribution in [3.8, 4) is 0 Å². The zero-order chi connectivity index (χ0) is 9.30. The SMILES string of the molecule is CN1C(Cl)=C(C(=O)O)C=CC1Cl. The lowest BCUT2D eigenvalue weighted by Crippen LogP contribution is -2.27. The number of halogens is 2. The molecule has 0 amide bonds. The molecule has 66 valence electrons. The van der Waals surface area contributed by atoms with Crippen LogP contribution >= 0.6 is 23.2 Å². The van der Waals surface area contributed by atoms with Gasteiger partial charge < -0.3 is 10.0 Å². The topological polar surface area (TPSA) is 40.5 Å². The lowest BCUT2D eigenvalue weighted by molar-refractivity contribution is -0.132. The molecule has 1 aliphatic rings. The van der Waals surface area contributed by atoms with Crippen LogP contribution in [0.2, 0.25) is 0 Å². The monoisotopic (exact) mass is 207 g/mol. The van der Waals surface area contributed by atoms with Crippen molar-refractivity contribution in [1.29, 1.82) is 0 Å². The van der Waals surface area contributed by atoms with Gasteiger partial charge in [0, 0.05) is 7.05 Å². The molecule has 1 N–H and O–H groups in total. The van der Waals surface area contributed by atoms with Gasteiger partial charge in [-0.05, 0) is 12.2 Å². The molecule has 0 fully saturated rings. The quantitative estimate of drug-likeness (QED) is 0.525. The maximum absolute atomic E-state index is 10.6. The van der Waals surface area contributed by atoms with Crippen LogP contribution in [0.4, 0.5) is 0 Å². The van der Waals surface area contributed by atoms with E-state index < -0.39 is 5.97 Å². The van der Waals surface area contributed by atoms with Crippen LogP contribution in [0.1, 0.15) is 0 Å². The summed E-state index contributed by atoms with van der Waals surface area (Å²) in [5.41, 5.74) is -0.309. The van der Waals surface area contributed by atoms with Crippen molar-refractivity contribution < 1.29 is 9.90 Å². The van der Waals surface area contributed by atoms with E-state index in [9.17, 15) is 4.79 Å². The Morgan fingerprint density at radius 3 is 2.83 bits per heavy atom. The van der Waals surface area contributed by atoms with Crippen molar-refractivity contribution in [3.63, 3.8) is 0 Å². The summed E-state index contributed by atoms with van der Waals surface area (Å²) in [6, 6.07) is 0. The molecule has 0 aromatic rings. The molecular weight excluding hydrogens is 201 g/mol. The third-order valence-corrected chi connectivity index (χ3v) is 2.46. The molecule has 3 nitrogen and oxygen atoms in total. The van der Waals surface area contributed by atoms with Crippen molar-refractivity contribution in [2.45, 2.75) is 5.50 Å². The molecule has 0 aromatic carbocycles. The lowest BCUT2D eigenvalue weighted by Gasteiger charge is -2.25. The molecule has 0 spiro atoms. The fraction of sp³-hybridized carbons (Fsp3) is 0.286. The van der Waals surface area contributed by atoms with Gasteiger partial charge in [-0.15, -0.1) is 0 Å². The molecule has 5 heteroatoms. The number of hydrogen-bond acceptors (Lipinski definition) is 2. The highest BCUT2D eigenvalue weighted by atomic mass is 35.5. The molecular formula is C7H7Cl2NO2. The van der Waals surface area contributed by atoms with Crippen LogP contribution in [-0.2, 0) is 4.79 Å². The van der Waals surface area contributed by atoms with E-state index >= 15 is 0 Å². The molecule has 0 bridgehead atoms. The summed E-state index contributed by atoms with van der Waals surface area (Å²) in [6.07, 6.45) is 2.97. The molecule has 1 heterocycles. The first kappa shape index (κ1) is 9.42. The summed E-state index contributed by atoms with van der Waals surface area (Å²) in [7, 11) is 1.63. The first-order valence-corrected chi connectivity index (χ1v) is 4.03. The second-order valence-corrected chi connectivity index (χ2v) is 3.16. The number of rotatable bonds is 1. The average Bonchev–Trinajstić information content (AvgIpc) is 2.00. The number of aliphatic carboxylic acids is 1. The van der Waals surface area contributed by atoms with Gasteiger partial charge in [0.2, 0.25) is 0 Å². The zero-order valence-corrected chi connectivity index (χ0v) is 7.80. The molecule has 0 radical (unpaired) electrons. The van der Waals surface area contributed by atoms with E-state index in [1.165, 1.54) is 11.0 Å². The fourth-order valence-corrected chi connectivity index (χ4v) is 1.30. The molecule has 0 saturated carbocycles. The maximum Gasteiger partial charge on any atom is 0.338 e. The Labute approximate surface area is 79.9 Å². The third kappa shape index (κ3) is 1.57. The second-order valence-electron chi connectivity index (χ2n) is 2.35. The molecule has 0 saturated heterocycles. The molecule has 1 rings (SSSR count). The van der Waals surface area contributed by atoms with E-state index in [1.54, 1.807) is 13.1 Å². The number of nitrogens with zero attached hydrogens (tertiary/aromatic N) is 1. The van der Waals surface area contributed by atoms with Crippen LogP contribution < -0.4 is 0 Å². The first-order chi connectivity index (χ1) is 5.54. The van der Waals surface area contributed by atoms with E-state index in [0.29, 0.717) is 0 Å². The summed E-state index contributed by atoms with van der Waals surface area (Å²) >= 11 is 11.5. The van der Waals surface area contributed by atoms with Gasteiger partial charge in [0.05, 0.1) is 5.57 Å². The Bertz CT molecular complexity index is 273. The predicted molar refractivity (Wildman–Crippen MR) is 47.1 cm³/mol. The number of alkyl halides is 1. The van der Waals surface area contributed by atoms with Crippen molar-refractivity contribution >= 4 is 29.2 Å². The molecule has 0 aliphatic carbocycles. The summed E-state index contributed by atoms with van der Waals surface area (Å²) in [4.78, 5) is 12.0. The van der Waals surface area contributed by atoms with E-state index in [-0.39, 0.29) is 16.2 Å². The Balaban J connectivity index is 3.02. The molecule has 0 aromatic heterocycles. The highest BCUT2D eigenvalue weighted by molar-refractivity contribution is 6.32. The van der Waals surface area contributed by atoms with Gasteiger partial charge in [-0.1, -0.05) is 23.2 Å². The summed E-state index contributed by atoms with van der Waals surface area (Å²) < 4.78 is 0. The molecule has 1 aliphatic heterocycles. The normalized spacial score (nSPS) is 23.2. The van der Waals surface area contributed by atoms with Crippen molar-refractivity contribution in [2.75, 3.05) is 7.05 Å². The van der Waals surface area contributed by atoms with Crippen LogP contribution in [0, 0.1) is 0 Å². The van der Waals surface area contributed by atoms with Crippen LogP contribution in [0.5, 0.6) is 0 Å². The Morgan fingerprint density at radius 1 is 1.75 bits per heavy atom. The predicted octanol–water partition coefficient (Wildman–Crippen LogP) is 1.59. The summed E-state index contributed by atoms with van der Waals surface area (Å²) in [5, 5.41) is 8.81. The highest BCUT2D eigenvalue weighted by Gasteiger charge is 2.21. The Kier molecular flexibility index (Phi) is 2.65. The summed E-state index contributed by atoms with van der Waals surface area (Å²) in [5.74, 6) is -1.05. The van der Waals surface area contributed by atoms with E-state index in [1.807, 2.05) is 0 Å². The van der Waals surface area contributed by atoms with E-state index in [0.717, 1.165) is 0 Å². The number of likely N-dealkylation sites (N-methyl/N-ethyl adjacent to an activating group) is 1. The van der Waals surface area contributed by atoms with Gasteiger partial charge in [0.1, 0.15) is 10.7 Å².